The molecule has 0 aliphatic carbocycles. The SMILES string of the molecule is c1cc(N2CCCN(c3ccc(-c4ccc5c(c4)OCO5)cn3)CC2)ncc1-c1ccc2c(c1)OCO2. The minimum atomic E-state index is 0.279. The summed E-state index contributed by atoms with van der Waals surface area (Å²) in [6.07, 6.45) is 4.91. The lowest BCUT2D eigenvalue weighted by Crippen LogP contribution is -2.31. The largest absolute Gasteiger partial charge is 0.454 e. The predicted octanol–water partition coefficient (Wildman–Crippen LogP) is 4.98. The van der Waals surface area contributed by atoms with Gasteiger partial charge in [-0.3, -0.25) is 0 Å². The Bertz CT molecular complexity index is 1320. The van der Waals surface area contributed by atoms with Gasteiger partial charge in [0.05, 0.1) is 0 Å². The van der Waals surface area contributed by atoms with Crippen molar-refractivity contribution in [1.29, 1.82) is 0 Å². The third-order valence-corrected chi connectivity index (χ3v) is 7.05. The second kappa shape index (κ2) is 9.20. The summed E-state index contributed by atoms with van der Waals surface area (Å²) in [5, 5.41) is 0. The van der Waals surface area contributed by atoms with E-state index in [4.69, 9.17) is 28.9 Å². The maximum Gasteiger partial charge on any atom is 0.231 e. The van der Waals surface area contributed by atoms with Gasteiger partial charge in [-0.15, -0.1) is 0 Å². The number of hydrogen-bond donors (Lipinski definition) is 0. The lowest BCUT2D eigenvalue weighted by atomic mass is 10.1. The van der Waals surface area contributed by atoms with Crippen LogP contribution in [-0.4, -0.2) is 49.7 Å². The van der Waals surface area contributed by atoms with Gasteiger partial charge in [0, 0.05) is 49.7 Å². The smallest absolute Gasteiger partial charge is 0.231 e. The fourth-order valence-electron chi connectivity index (χ4n) is 5.02. The zero-order chi connectivity index (χ0) is 24.6. The number of benzene rings is 2. The van der Waals surface area contributed by atoms with Crippen LogP contribution < -0.4 is 28.7 Å². The van der Waals surface area contributed by atoms with E-state index in [2.05, 4.69) is 34.1 Å². The van der Waals surface area contributed by atoms with Crippen molar-refractivity contribution in [1.82, 2.24) is 9.97 Å². The van der Waals surface area contributed by atoms with E-state index in [-0.39, 0.29) is 13.6 Å². The zero-order valence-electron chi connectivity index (χ0n) is 20.3. The summed E-state index contributed by atoms with van der Waals surface area (Å²) in [6, 6.07) is 20.5. The summed E-state index contributed by atoms with van der Waals surface area (Å²) in [4.78, 5) is 14.3. The second-order valence-corrected chi connectivity index (χ2v) is 9.27. The number of fused-ring (bicyclic) bond motifs is 2. The van der Waals surface area contributed by atoms with Crippen molar-refractivity contribution < 1.29 is 18.9 Å². The fraction of sp³-hybridized carbons (Fsp3) is 0.241. The number of aromatic nitrogens is 2. The van der Waals surface area contributed by atoms with Crippen molar-refractivity contribution in [3.63, 3.8) is 0 Å². The van der Waals surface area contributed by atoms with Crippen LogP contribution in [0.3, 0.4) is 0 Å². The molecule has 3 aliphatic rings. The number of anilines is 2. The van der Waals surface area contributed by atoms with E-state index < -0.39 is 0 Å². The van der Waals surface area contributed by atoms with Crippen LogP contribution in [0.15, 0.2) is 73.1 Å². The first-order chi connectivity index (χ1) is 18.3. The van der Waals surface area contributed by atoms with E-state index in [1.165, 1.54) is 0 Å². The monoisotopic (exact) mass is 494 g/mol. The van der Waals surface area contributed by atoms with Gasteiger partial charge in [0.25, 0.3) is 0 Å². The predicted molar refractivity (Wildman–Crippen MR) is 141 cm³/mol. The maximum atomic E-state index is 5.51. The van der Waals surface area contributed by atoms with Gasteiger partial charge in [-0.2, -0.15) is 0 Å². The molecule has 0 bridgehead atoms. The molecule has 2 aromatic heterocycles. The first-order valence-electron chi connectivity index (χ1n) is 12.5. The topological polar surface area (TPSA) is 69.2 Å². The number of pyridine rings is 2. The van der Waals surface area contributed by atoms with Crippen molar-refractivity contribution in [2.24, 2.45) is 0 Å². The van der Waals surface area contributed by atoms with E-state index in [9.17, 15) is 0 Å². The average molecular weight is 495 g/mol. The highest BCUT2D eigenvalue weighted by Gasteiger charge is 2.19. The van der Waals surface area contributed by atoms with Crippen molar-refractivity contribution in [2.45, 2.75) is 6.42 Å². The molecule has 8 heteroatoms. The quantitative estimate of drug-likeness (QED) is 0.393. The molecule has 37 heavy (non-hydrogen) atoms. The van der Waals surface area contributed by atoms with Crippen LogP contribution in [0.25, 0.3) is 22.3 Å². The molecule has 0 amide bonds. The van der Waals surface area contributed by atoms with E-state index in [0.717, 1.165) is 89.5 Å². The molecular weight excluding hydrogens is 468 g/mol. The molecule has 0 radical (unpaired) electrons. The standard InChI is InChI=1S/C29H26N4O4/c1-10-32(28-8-4-22(16-30-28)20-2-6-24-26(14-20)36-18-34-24)12-13-33(11-1)29-9-5-23(17-31-29)21-3-7-25-27(15-21)37-19-35-25/h2-9,14-17H,1,10-13,18-19H2. The van der Waals surface area contributed by atoms with Gasteiger partial charge >= 0.3 is 0 Å². The molecule has 4 aromatic rings. The Labute approximate surface area is 215 Å². The maximum absolute atomic E-state index is 5.51. The Hall–Kier alpha value is -4.46. The van der Waals surface area contributed by atoms with Crippen LogP contribution in [0.5, 0.6) is 23.0 Å². The van der Waals surface area contributed by atoms with E-state index in [1.54, 1.807) is 0 Å². The molecule has 0 unspecified atom stereocenters. The minimum Gasteiger partial charge on any atom is -0.454 e. The first-order valence-corrected chi connectivity index (χ1v) is 12.5. The Morgan fingerprint density at radius 1 is 0.486 bits per heavy atom. The molecule has 0 saturated carbocycles. The average Bonchev–Trinajstić information content (AvgIpc) is 3.56. The van der Waals surface area contributed by atoms with Crippen molar-refractivity contribution >= 4 is 11.6 Å². The number of hydrogen-bond acceptors (Lipinski definition) is 8. The molecule has 5 heterocycles. The highest BCUT2D eigenvalue weighted by Crippen LogP contribution is 2.37. The Morgan fingerprint density at radius 2 is 0.946 bits per heavy atom. The van der Waals surface area contributed by atoms with Crippen LogP contribution in [0.4, 0.5) is 11.6 Å². The van der Waals surface area contributed by atoms with Crippen LogP contribution >= 0.6 is 0 Å². The van der Waals surface area contributed by atoms with E-state index in [0.29, 0.717) is 0 Å². The molecule has 1 saturated heterocycles. The summed E-state index contributed by atoms with van der Waals surface area (Å²) in [5.41, 5.74) is 4.26. The Morgan fingerprint density at radius 3 is 1.41 bits per heavy atom. The molecule has 0 spiro atoms. The van der Waals surface area contributed by atoms with Gasteiger partial charge in [-0.25, -0.2) is 9.97 Å². The van der Waals surface area contributed by atoms with Gasteiger partial charge in [0.2, 0.25) is 13.6 Å². The number of nitrogens with zero attached hydrogens (tertiary/aromatic N) is 4. The van der Waals surface area contributed by atoms with Crippen molar-refractivity contribution in [2.75, 3.05) is 49.6 Å². The van der Waals surface area contributed by atoms with Crippen LogP contribution in [-0.2, 0) is 0 Å². The molecule has 0 N–H and O–H groups in total. The summed E-state index contributed by atoms with van der Waals surface area (Å²) >= 11 is 0. The molecule has 7 rings (SSSR count). The zero-order valence-corrected chi connectivity index (χ0v) is 20.3. The molecule has 2 aromatic carbocycles. The third kappa shape index (κ3) is 4.24. The Kier molecular flexibility index (Phi) is 5.42. The van der Waals surface area contributed by atoms with Crippen molar-refractivity contribution in [3.05, 3.63) is 73.1 Å². The van der Waals surface area contributed by atoms with Gasteiger partial charge in [-0.1, -0.05) is 12.1 Å². The summed E-state index contributed by atoms with van der Waals surface area (Å²) < 4.78 is 21.9. The minimum absolute atomic E-state index is 0.279. The Balaban J connectivity index is 1.01. The van der Waals surface area contributed by atoms with Gasteiger partial charge < -0.3 is 28.7 Å². The molecule has 8 nitrogen and oxygen atoms in total. The molecule has 0 atom stereocenters. The highest BCUT2D eigenvalue weighted by molar-refractivity contribution is 5.69. The van der Waals surface area contributed by atoms with Gasteiger partial charge in [0.1, 0.15) is 11.6 Å². The lowest BCUT2D eigenvalue weighted by molar-refractivity contribution is 0.173. The van der Waals surface area contributed by atoms with Crippen LogP contribution in [0.1, 0.15) is 6.42 Å². The first kappa shape index (κ1) is 21.8. The highest BCUT2D eigenvalue weighted by atomic mass is 16.7. The van der Waals surface area contributed by atoms with Gasteiger partial charge in [-0.05, 0) is 66.1 Å². The number of rotatable bonds is 4. The molecular formula is C29H26N4O4. The van der Waals surface area contributed by atoms with Crippen molar-refractivity contribution in [3.8, 4) is 45.3 Å². The lowest BCUT2D eigenvalue weighted by Gasteiger charge is -2.23. The number of ether oxygens (including phenoxy) is 4. The van der Waals surface area contributed by atoms with Crippen LogP contribution in [0.2, 0.25) is 0 Å². The second-order valence-electron chi connectivity index (χ2n) is 9.27. The third-order valence-electron chi connectivity index (χ3n) is 7.05. The summed E-state index contributed by atoms with van der Waals surface area (Å²) in [5.74, 6) is 5.15. The molecule has 1 fully saturated rings. The van der Waals surface area contributed by atoms with E-state index in [1.807, 2.05) is 48.8 Å². The fourth-order valence-corrected chi connectivity index (χ4v) is 5.02. The normalized spacial score (nSPS) is 16.1. The summed E-state index contributed by atoms with van der Waals surface area (Å²) in [7, 11) is 0. The van der Waals surface area contributed by atoms with Gasteiger partial charge in [0.15, 0.2) is 23.0 Å². The van der Waals surface area contributed by atoms with Crippen LogP contribution in [0, 0.1) is 0 Å². The summed E-state index contributed by atoms with van der Waals surface area (Å²) in [6.45, 7) is 4.26. The molecule has 186 valence electrons. The van der Waals surface area contributed by atoms with E-state index >= 15 is 0 Å². The molecule has 3 aliphatic heterocycles.